The van der Waals surface area contributed by atoms with Gasteiger partial charge in [0.2, 0.25) is 0 Å². The van der Waals surface area contributed by atoms with Crippen molar-refractivity contribution in [1.82, 2.24) is 4.90 Å². The van der Waals surface area contributed by atoms with Crippen molar-refractivity contribution >= 4 is 22.8 Å². The Hall–Kier alpha value is -2.28. The van der Waals surface area contributed by atoms with E-state index in [4.69, 9.17) is 5.41 Å². The summed E-state index contributed by atoms with van der Waals surface area (Å²) in [5.41, 5.74) is 1.88. The van der Waals surface area contributed by atoms with Crippen molar-refractivity contribution in [1.29, 1.82) is 5.41 Å². The highest BCUT2D eigenvalue weighted by atomic mass is 32.2. The fourth-order valence-electron chi connectivity index (χ4n) is 3.02. The smallest absolute Gasteiger partial charge is 0.305 e. The van der Waals surface area contributed by atoms with Crippen molar-refractivity contribution < 1.29 is 13.2 Å². The Labute approximate surface area is 147 Å². The second-order valence-corrected chi connectivity index (χ2v) is 6.93. The molecule has 2 aromatic carbocycles. The zero-order chi connectivity index (χ0) is 17.6. The van der Waals surface area contributed by atoms with Crippen molar-refractivity contribution in [3.05, 3.63) is 53.6 Å². The largest absolute Gasteiger partial charge is 0.416 e. The van der Waals surface area contributed by atoms with E-state index in [0.717, 1.165) is 59.1 Å². The predicted octanol–water partition coefficient (Wildman–Crippen LogP) is 4.87. The number of alkyl halides is 3. The van der Waals surface area contributed by atoms with Gasteiger partial charge in [-0.05, 0) is 41.8 Å². The van der Waals surface area contributed by atoms with Gasteiger partial charge in [-0.1, -0.05) is 30.0 Å². The minimum Gasteiger partial charge on any atom is -0.305 e. The minimum atomic E-state index is -4.33. The lowest BCUT2D eigenvalue weighted by atomic mass is 10.0. The Morgan fingerprint density at radius 3 is 2.48 bits per heavy atom. The highest BCUT2D eigenvalue weighted by Gasteiger charge is 2.31. The number of hydrogen-bond donors (Lipinski definition) is 1. The first kappa shape index (κ1) is 16.2. The van der Waals surface area contributed by atoms with Crippen LogP contribution in [0.25, 0.3) is 11.1 Å². The van der Waals surface area contributed by atoms with Crippen LogP contribution >= 0.6 is 11.8 Å². The molecule has 2 aromatic rings. The van der Waals surface area contributed by atoms with Crippen molar-refractivity contribution in [2.45, 2.75) is 17.5 Å². The molecule has 128 valence electrons. The summed E-state index contributed by atoms with van der Waals surface area (Å²) in [7, 11) is 0. The molecule has 2 aliphatic heterocycles. The standard InChI is InChI=1S/C18H14F3N3S/c19-18(20,21)13-5-2-11(3-6-13)12-4-7-14-15(10-12)25-17(22)24-9-1-8-23-16(14)24/h2-7,10,22H,1,8-9H2. The Morgan fingerprint density at radius 2 is 1.76 bits per heavy atom. The van der Waals surface area contributed by atoms with Crippen LogP contribution in [0.3, 0.4) is 0 Å². The normalized spacial score (nSPS) is 17.0. The zero-order valence-electron chi connectivity index (χ0n) is 13.1. The highest BCUT2D eigenvalue weighted by molar-refractivity contribution is 8.14. The molecule has 0 fully saturated rings. The molecule has 0 bridgehead atoms. The molecule has 0 radical (unpaired) electrons. The first-order valence-corrected chi connectivity index (χ1v) is 8.65. The molecule has 2 aliphatic rings. The Morgan fingerprint density at radius 1 is 1.04 bits per heavy atom. The van der Waals surface area contributed by atoms with Crippen molar-refractivity contribution in [3.8, 4) is 11.1 Å². The van der Waals surface area contributed by atoms with Gasteiger partial charge in [-0.15, -0.1) is 0 Å². The molecule has 1 N–H and O–H groups in total. The number of thioether (sulfide) groups is 1. The number of benzene rings is 2. The average Bonchev–Trinajstić information content (AvgIpc) is 2.61. The Kier molecular flexibility index (Phi) is 3.83. The van der Waals surface area contributed by atoms with Crippen LogP contribution in [0.1, 0.15) is 17.5 Å². The molecule has 0 aliphatic carbocycles. The molecule has 0 atom stereocenters. The summed E-state index contributed by atoms with van der Waals surface area (Å²) in [6, 6.07) is 10.9. The van der Waals surface area contributed by atoms with Crippen LogP contribution in [-0.4, -0.2) is 29.0 Å². The maximum atomic E-state index is 12.7. The fraction of sp³-hybridized carbons (Fsp3) is 0.222. The number of aliphatic imine (C=N–C) groups is 1. The third-order valence-electron chi connectivity index (χ3n) is 4.28. The molecular formula is C18H14F3N3S. The summed E-state index contributed by atoms with van der Waals surface area (Å²) >= 11 is 1.36. The van der Waals surface area contributed by atoms with Crippen LogP contribution < -0.4 is 0 Å². The van der Waals surface area contributed by atoms with Crippen molar-refractivity contribution in [2.24, 2.45) is 4.99 Å². The van der Waals surface area contributed by atoms with E-state index < -0.39 is 11.7 Å². The molecule has 25 heavy (non-hydrogen) atoms. The molecule has 0 spiro atoms. The molecule has 4 rings (SSSR count). The molecule has 0 aromatic heterocycles. The number of nitrogens with one attached hydrogen (secondary N) is 1. The van der Waals surface area contributed by atoms with Crippen LogP contribution in [-0.2, 0) is 6.18 Å². The fourth-order valence-corrected chi connectivity index (χ4v) is 3.97. The first-order valence-electron chi connectivity index (χ1n) is 7.84. The first-order chi connectivity index (χ1) is 11.9. The van der Waals surface area contributed by atoms with E-state index in [1.807, 2.05) is 23.1 Å². The SMILES string of the molecule is N=C1Sc2cc(-c3ccc(C(F)(F)F)cc3)ccc2C2=NCCCN12. The molecule has 2 heterocycles. The Bertz CT molecular complexity index is 872. The monoisotopic (exact) mass is 361 g/mol. The summed E-state index contributed by atoms with van der Waals surface area (Å²) in [5.74, 6) is 0.823. The van der Waals surface area contributed by atoms with Gasteiger partial charge in [-0.25, -0.2) is 0 Å². The van der Waals surface area contributed by atoms with E-state index in [1.54, 1.807) is 0 Å². The Balaban J connectivity index is 1.71. The second kappa shape index (κ2) is 5.91. The van der Waals surface area contributed by atoms with E-state index in [9.17, 15) is 13.2 Å². The topological polar surface area (TPSA) is 39.5 Å². The van der Waals surface area contributed by atoms with Crippen LogP contribution in [0.5, 0.6) is 0 Å². The lowest BCUT2D eigenvalue weighted by Crippen LogP contribution is -2.42. The van der Waals surface area contributed by atoms with Gasteiger partial charge in [-0.3, -0.25) is 10.4 Å². The number of halogens is 3. The van der Waals surface area contributed by atoms with E-state index in [1.165, 1.54) is 23.9 Å². The maximum Gasteiger partial charge on any atom is 0.416 e. The van der Waals surface area contributed by atoms with Crippen LogP contribution in [0.15, 0.2) is 52.4 Å². The lowest BCUT2D eigenvalue weighted by molar-refractivity contribution is -0.137. The second-order valence-electron chi connectivity index (χ2n) is 5.90. The summed E-state index contributed by atoms with van der Waals surface area (Å²) in [6.45, 7) is 1.55. The lowest BCUT2D eigenvalue weighted by Gasteiger charge is -2.34. The van der Waals surface area contributed by atoms with Gasteiger partial charge in [0.1, 0.15) is 5.84 Å². The van der Waals surface area contributed by atoms with Crippen LogP contribution in [0.2, 0.25) is 0 Å². The molecule has 0 saturated carbocycles. The van der Waals surface area contributed by atoms with Gasteiger partial charge >= 0.3 is 6.18 Å². The summed E-state index contributed by atoms with van der Waals surface area (Å²) in [6.07, 6.45) is -3.40. The number of fused-ring (bicyclic) bond motifs is 3. The molecular weight excluding hydrogens is 347 g/mol. The highest BCUT2D eigenvalue weighted by Crippen LogP contribution is 2.37. The zero-order valence-corrected chi connectivity index (χ0v) is 13.9. The molecule has 3 nitrogen and oxygen atoms in total. The number of hydrogen-bond acceptors (Lipinski definition) is 3. The molecule has 0 unspecified atom stereocenters. The average molecular weight is 361 g/mol. The number of amidine groups is 2. The van der Waals surface area contributed by atoms with Gasteiger partial charge in [0.15, 0.2) is 5.17 Å². The van der Waals surface area contributed by atoms with E-state index in [0.29, 0.717) is 5.17 Å². The van der Waals surface area contributed by atoms with Gasteiger partial charge in [0.25, 0.3) is 0 Å². The number of nitrogens with zero attached hydrogens (tertiary/aromatic N) is 2. The summed E-state index contributed by atoms with van der Waals surface area (Å²) in [5, 5.41) is 8.64. The molecule has 0 amide bonds. The van der Waals surface area contributed by atoms with Gasteiger partial charge in [0.05, 0.1) is 5.56 Å². The van der Waals surface area contributed by atoms with Gasteiger partial charge in [0, 0.05) is 23.5 Å². The van der Waals surface area contributed by atoms with E-state index in [2.05, 4.69) is 4.99 Å². The quantitative estimate of drug-likeness (QED) is 0.787. The van der Waals surface area contributed by atoms with E-state index in [-0.39, 0.29) is 0 Å². The van der Waals surface area contributed by atoms with Crippen molar-refractivity contribution in [3.63, 3.8) is 0 Å². The van der Waals surface area contributed by atoms with Crippen molar-refractivity contribution in [2.75, 3.05) is 13.1 Å². The maximum absolute atomic E-state index is 12.7. The number of rotatable bonds is 1. The van der Waals surface area contributed by atoms with Gasteiger partial charge in [-0.2, -0.15) is 13.2 Å². The predicted molar refractivity (Wildman–Crippen MR) is 93.2 cm³/mol. The van der Waals surface area contributed by atoms with E-state index >= 15 is 0 Å². The summed E-state index contributed by atoms with van der Waals surface area (Å²) in [4.78, 5) is 7.37. The summed E-state index contributed by atoms with van der Waals surface area (Å²) < 4.78 is 38.1. The van der Waals surface area contributed by atoms with Crippen LogP contribution in [0, 0.1) is 5.41 Å². The molecule has 7 heteroatoms. The molecule has 0 saturated heterocycles. The third-order valence-corrected chi connectivity index (χ3v) is 5.25. The third kappa shape index (κ3) is 2.93. The van der Waals surface area contributed by atoms with Gasteiger partial charge < -0.3 is 4.90 Å². The van der Waals surface area contributed by atoms with Crippen LogP contribution in [0.4, 0.5) is 13.2 Å². The minimum absolute atomic E-state index is 0.440.